The van der Waals surface area contributed by atoms with Gasteiger partial charge in [0, 0.05) is 43.2 Å². The number of halogens is 2. The molecule has 2 aromatic heterocycles. The third kappa shape index (κ3) is 7.22. The average Bonchev–Trinajstić information content (AvgIpc) is 3.94. The third-order valence-corrected chi connectivity index (χ3v) is 11.3. The molecule has 12 heteroatoms. The van der Waals surface area contributed by atoms with Crippen molar-refractivity contribution in [2.24, 2.45) is 0 Å². The van der Waals surface area contributed by atoms with Gasteiger partial charge in [-0.25, -0.2) is 4.98 Å². The van der Waals surface area contributed by atoms with Gasteiger partial charge in [0.15, 0.2) is 11.5 Å². The summed E-state index contributed by atoms with van der Waals surface area (Å²) in [7, 11) is 4.65. The first-order valence-corrected chi connectivity index (χ1v) is 18.1. The number of piperidine rings is 1. The van der Waals surface area contributed by atoms with Crippen LogP contribution in [0.3, 0.4) is 0 Å². The summed E-state index contributed by atoms with van der Waals surface area (Å²) in [5.74, 6) is 3.04. The topological polar surface area (TPSA) is 96.3 Å². The Morgan fingerprint density at radius 1 is 0.961 bits per heavy atom. The van der Waals surface area contributed by atoms with Gasteiger partial charge >= 0.3 is 0 Å². The van der Waals surface area contributed by atoms with E-state index < -0.39 is 0 Å². The third-order valence-electron chi connectivity index (χ3n) is 10.5. The van der Waals surface area contributed by atoms with Gasteiger partial charge in [-0.1, -0.05) is 41.4 Å². The Morgan fingerprint density at radius 2 is 1.73 bits per heavy atom. The first kappa shape index (κ1) is 35.0. The van der Waals surface area contributed by atoms with Crippen LogP contribution < -0.4 is 19.1 Å². The number of methoxy groups -OCH3 is 3. The zero-order valence-electron chi connectivity index (χ0n) is 29.2. The molecule has 2 aliphatic rings. The number of aromatic amines is 1. The summed E-state index contributed by atoms with van der Waals surface area (Å²) in [6.07, 6.45) is 5.38. The van der Waals surface area contributed by atoms with Gasteiger partial charge in [-0.15, -0.1) is 0 Å². The van der Waals surface area contributed by atoms with Gasteiger partial charge in [0.25, 0.3) is 5.91 Å². The van der Waals surface area contributed by atoms with Crippen LogP contribution in [0, 0.1) is 0 Å². The highest BCUT2D eigenvalue weighted by atomic mass is 35.5. The number of hydrogen-bond acceptors (Lipinski definition) is 8. The lowest BCUT2D eigenvalue weighted by molar-refractivity contribution is 0.0779. The van der Waals surface area contributed by atoms with Gasteiger partial charge in [0.2, 0.25) is 11.7 Å². The lowest BCUT2D eigenvalue weighted by Gasteiger charge is -2.39. The minimum Gasteiger partial charge on any atom is -0.493 e. The van der Waals surface area contributed by atoms with Crippen LogP contribution >= 0.6 is 23.2 Å². The largest absolute Gasteiger partial charge is 0.493 e. The van der Waals surface area contributed by atoms with Gasteiger partial charge in [-0.3, -0.25) is 4.79 Å². The van der Waals surface area contributed by atoms with Crippen molar-refractivity contribution in [3.05, 3.63) is 99.9 Å². The Kier molecular flexibility index (Phi) is 10.4. The van der Waals surface area contributed by atoms with Crippen LogP contribution in [0.1, 0.15) is 47.4 Å². The molecule has 268 valence electrons. The number of amides is 1. The number of nitrogens with one attached hydrogen (secondary N) is 1. The van der Waals surface area contributed by atoms with E-state index in [1.54, 1.807) is 39.7 Å². The van der Waals surface area contributed by atoms with Crippen molar-refractivity contribution >= 4 is 46.1 Å². The molecule has 0 saturated carbocycles. The number of imidazole rings is 1. The molecule has 1 N–H and O–H groups in total. The molecule has 10 nitrogen and oxygen atoms in total. The van der Waals surface area contributed by atoms with E-state index in [2.05, 4.69) is 26.9 Å². The molecule has 0 aliphatic carbocycles. The van der Waals surface area contributed by atoms with Crippen LogP contribution in [0.4, 0.5) is 5.95 Å². The van der Waals surface area contributed by atoms with Crippen molar-refractivity contribution in [3.63, 3.8) is 0 Å². The van der Waals surface area contributed by atoms with E-state index in [0.717, 1.165) is 73.6 Å². The molecule has 4 heterocycles. The van der Waals surface area contributed by atoms with Crippen LogP contribution in [0.5, 0.6) is 17.2 Å². The Hall–Kier alpha value is -4.38. The number of furan rings is 1. The fourth-order valence-electron chi connectivity index (χ4n) is 7.69. The van der Waals surface area contributed by atoms with Crippen LogP contribution in [-0.2, 0) is 12.0 Å². The van der Waals surface area contributed by atoms with Gasteiger partial charge < -0.3 is 38.3 Å². The summed E-state index contributed by atoms with van der Waals surface area (Å²) < 4.78 is 22.3. The molecule has 2 fully saturated rings. The van der Waals surface area contributed by atoms with Gasteiger partial charge in [0.05, 0.1) is 55.2 Å². The number of likely N-dealkylation sites (tertiary alicyclic amines) is 2. The standard InChI is InChI=1S/C39H43Cl2N5O5/c1-48-34-21-26(22-35(49-2)36(34)50-3)37(47)45-19-15-39(25-45,27-10-11-30(40)31(41)23-27)14-18-44-16-12-28(13-17-44)46(24-29-7-6-20-51-29)38-42-32-8-4-5-9-33(32)43-38/h4-11,20-23,28H,12-19,24-25H2,1-3H3,(H,42,43). The Balaban J connectivity index is 1.07. The maximum Gasteiger partial charge on any atom is 0.254 e. The SMILES string of the molecule is COc1cc(C(=O)N2CCC(CCN3CCC(N(Cc4ccco4)c4nc5ccccc5[nH]4)CC3)(c3ccc(Cl)c(Cl)c3)C2)cc(OC)c1OC. The zero-order chi connectivity index (χ0) is 35.5. The Morgan fingerprint density at radius 3 is 2.39 bits per heavy atom. The second-order valence-electron chi connectivity index (χ2n) is 13.4. The fourth-order valence-corrected chi connectivity index (χ4v) is 7.99. The van der Waals surface area contributed by atoms with Crippen LogP contribution in [-0.4, -0.2) is 85.8 Å². The number of para-hydroxylation sites is 2. The molecular formula is C39H43Cl2N5O5. The molecule has 0 radical (unpaired) electrons. The number of aromatic nitrogens is 2. The van der Waals surface area contributed by atoms with Crippen molar-refractivity contribution in [2.45, 2.75) is 43.7 Å². The molecule has 1 amide bonds. The molecule has 2 saturated heterocycles. The maximum atomic E-state index is 14.0. The summed E-state index contributed by atoms with van der Waals surface area (Å²) in [5, 5.41) is 1.04. The number of rotatable bonds is 12. The van der Waals surface area contributed by atoms with Crippen LogP contribution in [0.2, 0.25) is 10.0 Å². The average molecular weight is 733 g/mol. The second-order valence-corrected chi connectivity index (χ2v) is 14.2. The Bertz CT molecular complexity index is 1920. The number of hydrogen-bond donors (Lipinski definition) is 1. The van der Waals surface area contributed by atoms with Crippen molar-refractivity contribution in [1.29, 1.82) is 0 Å². The number of carbonyl (C=O) groups excluding carboxylic acids is 1. The second kappa shape index (κ2) is 15.1. The van der Waals surface area contributed by atoms with Gasteiger partial charge in [-0.2, -0.15) is 0 Å². The minimum atomic E-state index is -0.291. The lowest BCUT2D eigenvalue weighted by Crippen LogP contribution is -2.46. The molecule has 0 spiro atoms. The molecule has 3 aromatic carbocycles. The number of benzene rings is 3. The van der Waals surface area contributed by atoms with E-state index in [0.29, 0.717) is 58.5 Å². The summed E-state index contributed by atoms with van der Waals surface area (Å²) in [6.45, 7) is 4.60. The number of nitrogens with zero attached hydrogens (tertiary/aromatic N) is 4. The molecule has 1 atom stereocenters. The first-order valence-electron chi connectivity index (χ1n) is 17.3. The molecule has 1 unspecified atom stereocenters. The monoisotopic (exact) mass is 731 g/mol. The van der Waals surface area contributed by atoms with E-state index in [4.69, 9.17) is 46.8 Å². The van der Waals surface area contributed by atoms with E-state index >= 15 is 0 Å². The van der Waals surface area contributed by atoms with E-state index in [9.17, 15) is 4.79 Å². The van der Waals surface area contributed by atoms with Crippen molar-refractivity contribution in [1.82, 2.24) is 19.8 Å². The number of anilines is 1. The quantitative estimate of drug-likeness (QED) is 0.139. The predicted molar refractivity (Wildman–Crippen MR) is 200 cm³/mol. The first-order chi connectivity index (χ1) is 24.8. The van der Waals surface area contributed by atoms with Gasteiger partial charge in [0.1, 0.15) is 5.76 Å². The maximum absolute atomic E-state index is 14.0. The number of H-pyrrole nitrogens is 1. The molecule has 2 aliphatic heterocycles. The molecule has 7 rings (SSSR count). The summed E-state index contributed by atoms with van der Waals surface area (Å²) >= 11 is 13.0. The predicted octanol–water partition coefficient (Wildman–Crippen LogP) is 7.83. The normalized spacial score (nSPS) is 18.3. The summed E-state index contributed by atoms with van der Waals surface area (Å²) in [6, 6.07) is 21.7. The molecule has 5 aromatic rings. The van der Waals surface area contributed by atoms with Crippen LogP contribution in [0.15, 0.2) is 77.4 Å². The Labute approximate surface area is 308 Å². The fraction of sp³-hybridized carbons (Fsp3) is 0.385. The van der Waals surface area contributed by atoms with E-state index in [1.807, 2.05) is 47.4 Å². The number of fused-ring (bicyclic) bond motifs is 1. The van der Waals surface area contributed by atoms with E-state index in [-0.39, 0.29) is 11.3 Å². The smallest absolute Gasteiger partial charge is 0.254 e. The number of carbonyl (C=O) groups is 1. The van der Waals surface area contributed by atoms with Crippen molar-refractivity contribution in [3.8, 4) is 17.2 Å². The highest BCUT2D eigenvalue weighted by molar-refractivity contribution is 6.42. The molecule has 0 bridgehead atoms. The van der Waals surface area contributed by atoms with Gasteiger partial charge in [-0.05, 0) is 86.3 Å². The zero-order valence-corrected chi connectivity index (χ0v) is 30.7. The summed E-state index contributed by atoms with van der Waals surface area (Å²) in [5.41, 5.74) is 3.27. The number of ether oxygens (including phenoxy) is 3. The molecular weight excluding hydrogens is 689 g/mol. The van der Waals surface area contributed by atoms with Crippen molar-refractivity contribution < 1.29 is 23.4 Å². The van der Waals surface area contributed by atoms with Crippen molar-refractivity contribution in [2.75, 3.05) is 59.0 Å². The lowest BCUT2D eigenvalue weighted by atomic mass is 9.76. The molecule has 51 heavy (non-hydrogen) atoms. The van der Waals surface area contributed by atoms with E-state index in [1.165, 1.54) is 0 Å². The van der Waals surface area contributed by atoms with Crippen LogP contribution in [0.25, 0.3) is 11.0 Å². The highest BCUT2D eigenvalue weighted by Gasteiger charge is 2.42. The minimum absolute atomic E-state index is 0.0840. The highest BCUT2D eigenvalue weighted by Crippen LogP contribution is 2.43. The summed E-state index contributed by atoms with van der Waals surface area (Å²) in [4.78, 5) is 29.3.